The van der Waals surface area contributed by atoms with Crippen LogP contribution in [0.2, 0.25) is 0 Å². The Labute approximate surface area is 85.5 Å². The minimum atomic E-state index is 0.502. The molecule has 0 bridgehead atoms. The summed E-state index contributed by atoms with van der Waals surface area (Å²) in [6.45, 7) is 0. The normalized spacial score (nSPS) is 10.9. The molecule has 3 rings (SSSR count). The zero-order valence-corrected chi connectivity index (χ0v) is 7.88. The predicted molar refractivity (Wildman–Crippen MR) is 57.6 cm³/mol. The summed E-state index contributed by atoms with van der Waals surface area (Å²) in [7, 11) is 0. The van der Waals surface area contributed by atoms with Crippen molar-refractivity contribution in [1.29, 1.82) is 0 Å². The largest absolute Gasteiger partial charge is 0.382 e. The van der Waals surface area contributed by atoms with E-state index in [0.29, 0.717) is 5.82 Å². The number of nitrogen functional groups attached to an aromatic ring is 1. The first-order valence-electron chi connectivity index (χ1n) is 4.58. The van der Waals surface area contributed by atoms with E-state index in [1.54, 1.807) is 17.1 Å². The van der Waals surface area contributed by atoms with Gasteiger partial charge in [-0.2, -0.15) is 5.10 Å². The Bertz CT molecular complexity index is 607. The van der Waals surface area contributed by atoms with Crippen molar-refractivity contribution in [3.8, 4) is 5.69 Å². The molecule has 3 aromatic rings. The Morgan fingerprint density at radius 1 is 1.27 bits per heavy atom. The standard InChI is InChI=1S/C10H9N5/c11-9-4-5-15(14-9)8-3-1-2-7-10(8)13-6-12-7/h1-6H,(H2,11,14)(H,12,13). The van der Waals surface area contributed by atoms with Crippen LogP contribution < -0.4 is 5.73 Å². The van der Waals surface area contributed by atoms with Gasteiger partial charge in [0.15, 0.2) is 0 Å². The molecular weight excluding hydrogens is 190 g/mol. The molecule has 0 aliphatic carbocycles. The fourth-order valence-corrected chi connectivity index (χ4v) is 1.61. The van der Waals surface area contributed by atoms with Crippen molar-refractivity contribution in [3.05, 3.63) is 36.8 Å². The van der Waals surface area contributed by atoms with Crippen LogP contribution in [0, 0.1) is 0 Å². The van der Waals surface area contributed by atoms with Gasteiger partial charge in [-0.1, -0.05) is 6.07 Å². The van der Waals surface area contributed by atoms with Crippen molar-refractivity contribution >= 4 is 16.9 Å². The van der Waals surface area contributed by atoms with E-state index >= 15 is 0 Å². The van der Waals surface area contributed by atoms with Crippen LogP contribution in [0.4, 0.5) is 5.82 Å². The monoisotopic (exact) mass is 199 g/mol. The number of nitrogens with zero attached hydrogens (tertiary/aromatic N) is 3. The first-order chi connectivity index (χ1) is 7.34. The molecule has 2 aromatic heterocycles. The molecule has 0 spiro atoms. The molecule has 1 aromatic carbocycles. The van der Waals surface area contributed by atoms with Crippen molar-refractivity contribution < 1.29 is 0 Å². The first kappa shape index (κ1) is 8.05. The summed E-state index contributed by atoms with van der Waals surface area (Å²) in [5.74, 6) is 0.502. The number of hydrogen-bond acceptors (Lipinski definition) is 3. The van der Waals surface area contributed by atoms with Crippen LogP contribution in [0.3, 0.4) is 0 Å². The third kappa shape index (κ3) is 1.17. The average Bonchev–Trinajstić information content (AvgIpc) is 2.84. The SMILES string of the molecule is Nc1ccn(-c2cccc3[nH]cnc23)n1. The lowest BCUT2D eigenvalue weighted by Crippen LogP contribution is -1.97. The molecule has 0 aliphatic heterocycles. The van der Waals surface area contributed by atoms with E-state index in [0.717, 1.165) is 16.7 Å². The molecule has 0 fully saturated rings. The Morgan fingerprint density at radius 2 is 2.20 bits per heavy atom. The number of aromatic amines is 1. The molecule has 5 nitrogen and oxygen atoms in total. The van der Waals surface area contributed by atoms with Crippen LogP contribution in [0.15, 0.2) is 36.8 Å². The topological polar surface area (TPSA) is 72.5 Å². The van der Waals surface area contributed by atoms with Crippen molar-refractivity contribution in [1.82, 2.24) is 19.7 Å². The molecule has 0 atom stereocenters. The molecule has 0 unspecified atom stereocenters. The second-order valence-electron chi connectivity index (χ2n) is 3.26. The third-order valence-electron chi connectivity index (χ3n) is 2.28. The summed E-state index contributed by atoms with van der Waals surface area (Å²) < 4.78 is 1.72. The maximum absolute atomic E-state index is 5.58. The Kier molecular flexibility index (Phi) is 1.53. The second-order valence-corrected chi connectivity index (χ2v) is 3.26. The molecule has 0 saturated heterocycles. The number of hydrogen-bond donors (Lipinski definition) is 2. The summed E-state index contributed by atoms with van der Waals surface area (Å²) in [5.41, 5.74) is 8.37. The van der Waals surface area contributed by atoms with Gasteiger partial charge >= 0.3 is 0 Å². The molecule has 15 heavy (non-hydrogen) atoms. The van der Waals surface area contributed by atoms with Gasteiger partial charge < -0.3 is 10.7 Å². The van der Waals surface area contributed by atoms with Crippen LogP contribution in [-0.4, -0.2) is 19.7 Å². The van der Waals surface area contributed by atoms with E-state index < -0.39 is 0 Å². The molecule has 0 aliphatic rings. The second kappa shape index (κ2) is 2.84. The fraction of sp³-hybridized carbons (Fsp3) is 0. The van der Waals surface area contributed by atoms with Gasteiger partial charge in [0.2, 0.25) is 0 Å². The number of para-hydroxylation sites is 1. The van der Waals surface area contributed by atoms with Crippen LogP contribution >= 0.6 is 0 Å². The Morgan fingerprint density at radius 3 is 3.00 bits per heavy atom. The quantitative estimate of drug-likeness (QED) is 0.621. The van der Waals surface area contributed by atoms with Crippen LogP contribution in [0.25, 0.3) is 16.7 Å². The molecule has 2 heterocycles. The zero-order chi connectivity index (χ0) is 10.3. The lowest BCUT2D eigenvalue weighted by molar-refractivity contribution is 0.891. The summed E-state index contributed by atoms with van der Waals surface area (Å²) in [5, 5.41) is 4.15. The molecule has 5 heteroatoms. The van der Waals surface area contributed by atoms with E-state index in [1.165, 1.54) is 0 Å². The number of rotatable bonds is 1. The highest BCUT2D eigenvalue weighted by molar-refractivity contribution is 5.83. The smallest absolute Gasteiger partial charge is 0.145 e. The number of fused-ring (bicyclic) bond motifs is 1. The summed E-state index contributed by atoms with van der Waals surface area (Å²) in [6.07, 6.45) is 3.49. The maximum atomic E-state index is 5.58. The van der Waals surface area contributed by atoms with Crippen molar-refractivity contribution in [3.63, 3.8) is 0 Å². The van der Waals surface area contributed by atoms with E-state index in [9.17, 15) is 0 Å². The predicted octanol–water partition coefficient (Wildman–Crippen LogP) is 1.33. The number of nitrogens with two attached hydrogens (primary N) is 1. The minimum absolute atomic E-state index is 0.502. The molecule has 74 valence electrons. The zero-order valence-electron chi connectivity index (χ0n) is 7.88. The van der Waals surface area contributed by atoms with Crippen LogP contribution in [-0.2, 0) is 0 Å². The molecule has 3 N–H and O–H groups in total. The number of aromatic nitrogens is 4. The molecule has 0 amide bonds. The van der Waals surface area contributed by atoms with E-state index in [4.69, 9.17) is 5.73 Å². The van der Waals surface area contributed by atoms with Crippen molar-refractivity contribution in [2.45, 2.75) is 0 Å². The molecular formula is C10H9N5. The van der Waals surface area contributed by atoms with Gasteiger partial charge in [-0.05, 0) is 12.1 Å². The van der Waals surface area contributed by atoms with E-state index in [-0.39, 0.29) is 0 Å². The van der Waals surface area contributed by atoms with Crippen LogP contribution in [0.5, 0.6) is 0 Å². The maximum Gasteiger partial charge on any atom is 0.145 e. The molecule has 0 radical (unpaired) electrons. The number of imidazole rings is 1. The van der Waals surface area contributed by atoms with Gasteiger partial charge in [0.1, 0.15) is 11.3 Å². The van der Waals surface area contributed by atoms with Crippen molar-refractivity contribution in [2.24, 2.45) is 0 Å². The summed E-state index contributed by atoms with van der Waals surface area (Å²) in [4.78, 5) is 7.30. The Hall–Kier alpha value is -2.30. The van der Waals surface area contributed by atoms with Gasteiger partial charge in [-0.25, -0.2) is 9.67 Å². The van der Waals surface area contributed by atoms with E-state index in [2.05, 4.69) is 15.1 Å². The first-order valence-corrected chi connectivity index (χ1v) is 4.58. The van der Waals surface area contributed by atoms with Gasteiger partial charge in [-0.15, -0.1) is 0 Å². The fourth-order valence-electron chi connectivity index (χ4n) is 1.61. The minimum Gasteiger partial charge on any atom is -0.382 e. The lowest BCUT2D eigenvalue weighted by atomic mass is 10.3. The summed E-state index contributed by atoms with van der Waals surface area (Å²) >= 11 is 0. The third-order valence-corrected chi connectivity index (χ3v) is 2.28. The highest BCUT2D eigenvalue weighted by Crippen LogP contribution is 2.18. The number of benzene rings is 1. The summed E-state index contributed by atoms with van der Waals surface area (Å²) in [6, 6.07) is 7.63. The van der Waals surface area contributed by atoms with Gasteiger partial charge in [0.05, 0.1) is 17.5 Å². The number of nitrogens with one attached hydrogen (secondary N) is 1. The number of H-pyrrole nitrogens is 1. The van der Waals surface area contributed by atoms with Crippen LogP contribution in [0.1, 0.15) is 0 Å². The Balaban J connectivity index is 2.30. The van der Waals surface area contributed by atoms with Gasteiger partial charge in [-0.3, -0.25) is 0 Å². The highest BCUT2D eigenvalue weighted by atomic mass is 15.3. The highest BCUT2D eigenvalue weighted by Gasteiger charge is 2.05. The van der Waals surface area contributed by atoms with Gasteiger partial charge in [0.25, 0.3) is 0 Å². The van der Waals surface area contributed by atoms with Gasteiger partial charge in [0, 0.05) is 12.3 Å². The van der Waals surface area contributed by atoms with E-state index in [1.807, 2.05) is 24.4 Å². The molecule has 0 saturated carbocycles. The lowest BCUT2D eigenvalue weighted by Gasteiger charge is -2.01. The average molecular weight is 199 g/mol. The number of anilines is 1. The van der Waals surface area contributed by atoms with Crippen molar-refractivity contribution in [2.75, 3.05) is 5.73 Å².